The predicted molar refractivity (Wildman–Crippen MR) is 75.2 cm³/mol. The molecule has 0 aliphatic heterocycles. The molecular formula is C14H9NO8. The van der Waals surface area contributed by atoms with Crippen molar-refractivity contribution in [2.24, 2.45) is 0 Å². The Morgan fingerprint density at radius 2 is 1.52 bits per heavy atom. The molecule has 0 atom stereocenters. The molecule has 9 nitrogen and oxygen atoms in total. The molecule has 2 rings (SSSR count). The summed E-state index contributed by atoms with van der Waals surface area (Å²) >= 11 is 0. The minimum absolute atomic E-state index is 0.000605. The second kappa shape index (κ2) is 6.02. The van der Waals surface area contributed by atoms with Gasteiger partial charge in [-0.2, -0.15) is 0 Å². The molecule has 3 N–H and O–H groups in total. The second-order valence-electron chi connectivity index (χ2n) is 4.33. The van der Waals surface area contributed by atoms with Crippen LogP contribution >= 0.6 is 0 Å². The highest BCUT2D eigenvalue weighted by molar-refractivity contribution is 6.02. The molecule has 0 saturated heterocycles. The third-order valence-electron chi connectivity index (χ3n) is 2.83. The van der Waals surface area contributed by atoms with Crippen LogP contribution in [0.4, 0.5) is 5.69 Å². The number of aromatic hydroxyl groups is 1. The van der Waals surface area contributed by atoms with Crippen molar-refractivity contribution < 1.29 is 34.6 Å². The number of carboxylic acid groups (broad SMARTS) is 2. The van der Waals surface area contributed by atoms with E-state index in [2.05, 4.69) is 0 Å². The lowest BCUT2D eigenvalue weighted by Crippen LogP contribution is -2.07. The number of nitro benzene ring substituents is 1. The zero-order valence-electron chi connectivity index (χ0n) is 11.3. The highest BCUT2D eigenvalue weighted by Gasteiger charge is 2.18. The van der Waals surface area contributed by atoms with Crippen LogP contribution in [0.15, 0.2) is 36.4 Å². The van der Waals surface area contributed by atoms with Crippen LogP contribution in [0.5, 0.6) is 17.2 Å². The monoisotopic (exact) mass is 319 g/mol. The minimum Gasteiger partial charge on any atom is -0.502 e. The molecule has 0 radical (unpaired) electrons. The Morgan fingerprint density at radius 3 is 2.04 bits per heavy atom. The first-order valence-corrected chi connectivity index (χ1v) is 6.05. The fraction of sp³-hybridized carbons (Fsp3) is 0. The van der Waals surface area contributed by atoms with Crippen molar-refractivity contribution in [1.82, 2.24) is 0 Å². The van der Waals surface area contributed by atoms with Crippen molar-refractivity contribution in [2.45, 2.75) is 0 Å². The summed E-state index contributed by atoms with van der Waals surface area (Å²) in [7, 11) is 0. The van der Waals surface area contributed by atoms with Gasteiger partial charge in [-0.3, -0.25) is 10.1 Å². The first kappa shape index (κ1) is 15.8. The van der Waals surface area contributed by atoms with Gasteiger partial charge in [0.15, 0.2) is 5.75 Å². The molecular weight excluding hydrogens is 310 g/mol. The molecule has 0 fully saturated rings. The first-order chi connectivity index (χ1) is 10.8. The smallest absolute Gasteiger partial charge is 0.336 e. The number of hydrogen-bond acceptors (Lipinski definition) is 6. The maximum Gasteiger partial charge on any atom is 0.336 e. The Labute approximate surface area is 128 Å². The number of aromatic carboxylic acids is 2. The van der Waals surface area contributed by atoms with Crippen LogP contribution in [-0.2, 0) is 0 Å². The van der Waals surface area contributed by atoms with E-state index in [0.717, 1.165) is 24.3 Å². The number of nitro groups is 1. The number of phenolic OH excluding ortho intramolecular Hbond substituents is 1. The maximum absolute atomic E-state index is 11.1. The average molecular weight is 319 g/mol. The van der Waals surface area contributed by atoms with Gasteiger partial charge in [0, 0.05) is 12.1 Å². The van der Waals surface area contributed by atoms with Gasteiger partial charge >= 0.3 is 17.6 Å². The lowest BCUT2D eigenvalue weighted by molar-refractivity contribution is -0.385. The van der Waals surface area contributed by atoms with E-state index in [1.807, 2.05) is 0 Å². The molecule has 0 aliphatic carbocycles. The third-order valence-corrected chi connectivity index (χ3v) is 2.83. The van der Waals surface area contributed by atoms with E-state index >= 15 is 0 Å². The van der Waals surface area contributed by atoms with Crippen molar-refractivity contribution in [1.29, 1.82) is 0 Å². The SMILES string of the molecule is O=C(O)c1ccc(Oc2ccc([N+](=O)[O-])c(O)c2)cc1C(=O)O. The highest BCUT2D eigenvalue weighted by atomic mass is 16.6. The van der Waals surface area contributed by atoms with Crippen molar-refractivity contribution in [2.75, 3.05) is 0 Å². The fourth-order valence-electron chi connectivity index (χ4n) is 1.81. The topological polar surface area (TPSA) is 147 Å². The van der Waals surface area contributed by atoms with Gasteiger partial charge in [0.25, 0.3) is 0 Å². The number of phenols is 1. The van der Waals surface area contributed by atoms with Crippen molar-refractivity contribution in [3.8, 4) is 17.2 Å². The van der Waals surface area contributed by atoms with Crippen LogP contribution in [-0.4, -0.2) is 32.2 Å². The molecule has 0 amide bonds. The van der Waals surface area contributed by atoms with Crippen LogP contribution in [0.2, 0.25) is 0 Å². The molecule has 0 spiro atoms. The number of benzene rings is 2. The van der Waals surface area contributed by atoms with Gasteiger partial charge in [0.2, 0.25) is 0 Å². The van der Waals surface area contributed by atoms with Gasteiger partial charge in [0.05, 0.1) is 16.1 Å². The van der Waals surface area contributed by atoms with Gasteiger partial charge in [0.1, 0.15) is 11.5 Å². The summed E-state index contributed by atoms with van der Waals surface area (Å²) in [5, 5.41) is 38.0. The molecule has 2 aromatic rings. The van der Waals surface area contributed by atoms with Crippen LogP contribution in [0.3, 0.4) is 0 Å². The van der Waals surface area contributed by atoms with E-state index in [0.29, 0.717) is 0 Å². The van der Waals surface area contributed by atoms with Gasteiger partial charge in [-0.05, 0) is 24.3 Å². The van der Waals surface area contributed by atoms with Crippen LogP contribution < -0.4 is 4.74 Å². The second-order valence-corrected chi connectivity index (χ2v) is 4.33. The zero-order chi connectivity index (χ0) is 17.1. The van der Waals surface area contributed by atoms with E-state index in [1.165, 1.54) is 12.1 Å². The summed E-state index contributed by atoms with van der Waals surface area (Å²) < 4.78 is 5.28. The van der Waals surface area contributed by atoms with Crippen LogP contribution in [0, 0.1) is 10.1 Å². The lowest BCUT2D eigenvalue weighted by Gasteiger charge is -2.08. The Morgan fingerprint density at radius 1 is 0.957 bits per heavy atom. The van der Waals surface area contributed by atoms with Crippen LogP contribution in [0.25, 0.3) is 0 Å². The number of nitrogens with zero attached hydrogens (tertiary/aromatic N) is 1. The molecule has 0 aromatic heterocycles. The van der Waals surface area contributed by atoms with Crippen molar-refractivity contribution >= 4 is 17.6 Å². The Kier molecular flexibility index (Phi) is 4.12. The highest BCUT2D eigenvalue weighted by Crippen LogP contribution is 2.32. The van der Waals surface area contributed by atoms with E-state index < -0.39 is 39.4 Å². The number of hydrogen-bond donors (Lipinski definition) is 3. The molecule has 0 bridgehead atoms. The predicted octanol–water partition coefficient (Wildman–Crippen LogP) is 2.49. The van der Waals surface area contributed by atoms with Gasteiger partial charge < -0.3 is 20.1 Å². The summed E-state index contributed by atoms with van der Waals surface area (Å²) in [6.45, 7) is 0. The molecule has 23 heavy (non-hydrogen) atoms. The quantitative estimate of drug-likeness (QED) is 0.562. The standard InChI is InChI=1S/C14H9NO8/c16-12-6-8(2-4-11(12)15(21)22)23-7-1-3-9(13(17)18)10(5-7)14(19)20/h1-6,16H,(H,17,18)(H,19,20). The van der Waals surface area contributed by atoms with E-state index in [9.17, 15) is 24.8 Å². The third kappa shape index (κ3) is 3.35. The van der Waals surface area contributed by atoms with Gasteiger partial charge in [-0.25, -0.2) is 9.59 Å². The van der Waals surface area contributed by atoms with E-state index in [-0.39, 0.29) is 11.5 Å². The fourth-order valence-corrected chi connectivity index (χ4v) is 1.81. The Hall–Kier alpha value is -3.62. The van der Waals surface area contributed by atoms with Crippen molar-refractivity contribution in [3.05, 3.63) is 57.6 Å². The van der Waals surface area contributed by atoms with Crippen molar-refractivity contribution in [3.63, 3.8) is 0 Å². The molecule has 0 unspecified atom stereocenters. The molecule has 9 heteroatoms. The number of rotatable bonds is 5. The zero-order valence-corrected chi connectivity index (χ0v) is 11.3. The first-order valence-electron chi connectivity index (χ1n) is 6.05. The Balaban J connectivity index is 2.35. The van der Waals surface area contributed by atoms with Crippen LogP contribution in [0.1, 0.15) is 20.7 Å². The summed E-state index contributed by atoms with van der Waals surface area (Å²) in [5.41, 5.74) is -1.39. The largest absolute Gasteiger partial charge is 0.502 e. The number of carboxylic acids is 2. The van der Waals surface area contributed by atoms with E-state index in [4.69, 9.17) is 14.9 Å². The molecule has 0 saturated carbocycles. The summed E-state index contributed by atoms with van der Waals surface area (Å²) in [6, 6.07) is 6.52. The molecule has 0 heterocycles. The van der Waals surface area contributed by atoms with Gasteiger partial charge in [-0.15, -0.1) is 0 Å². The number of ether oxygens (including phenoxy) is 1. The summed E-state index contributed by atoms with van der Waals surface area (Å²) in [4.78, 5) is 31.8. The minimum atomic E-state index is -1.45. The normalized spacial score (nSPS) is 10.1. The number of carbonyl (C=O) groups is 2. The molecule has 0 aliphatic rings. The van der Waals surface area contributed by atoms with Gasteiger partial charge in [-0.1, -0.05) is 0 Å². The van der Waals surface area contributed by atoms with E-state index in [1.54, 1.807) is 0 Å². The lowest BCUT2D eigenvalue weighted by atomic mass is 10.1. The molecule has 118 valence electrons. The summed E-state index contributed by atoms with van der Waals surface area (Å²) in [5.74, 6) is -3.44. The Bertz CT molecular complexity index is 814. The molecule has 2 aromatic carbocycles. The average Bonchev–Trinajstić information content (AvgIpc) is 2.46. The maximum atomic E-state index is 11.1. The summed E-state index contributed by atoms with van der Waals surface area (Å²) in [6.07, 6.45) is 0.